The lowest BCUT2D eigenvalue weighted by atomic mass is 10.2. The van der Waals surface area contributed by atoms with E-state index in [1.165, 1.54) is 6.92 Å². The summed E-state index contributed by atoms with van der Waals surface area (Å²) in [5.74, 6) is -1.68. The van der Waals surface area contributed by atoms with Gasteiger partial charge >= 0.3 is 5.97 Å². The number of carboxylic acids is 1. The summed E-state index contributed by atoms with van der Waals surface area (Å²) in [6.07, 6.45) is 0. The summed E-state index contributed by atoms with van der Waals surface area (Å²) in [6.45, 7) is 7.52. The lowest BCUT2D eigenvalue weighted by molar-refractivity contribution is -0.142. The highest BCUT2D eigenvalue weighted by Gasteiger charge is 2.22. The zero-order chi connectivity index (χ0) is 15.0. The summed E-state index contributed by atoms with van der Waals surface area (Å²) in [6, 6.07) is -0.971. The van der Waals surface area contributed by atoms with Crippen LogP contribution in [0.4, 0.5) is 0 Å². The van der Waals surface area contributed by atoms with Crippen molar-refractivity contribution >= 4 is 17.8 Å². The van der Waals surface area contributed by atoms with E-state index in [1.807, 2.05) is 20.8 Å². The van der Waals surface area contributed by atoms with E-state index in [0.717, 1.165) is 0 Å². The average molecular weight is 273 g/mol. The molecule has 7 nitrogen and oxygen atoms in total. The number of nitrogens with zero attached hydrogens (tertiary/aromatic N) is 1. The lowest BCUT2D eigenvalue weighted by Gasteiger charge is -2.24. The van der Waals surface area contributed by atoms with Crippen LogP contribution in [0.5, 0.6) is 0 Å². The molecule has 0 aromatic rings. The first-order valence-electron chi connectivity index (χ1n) is 6.27. The fourth-order valence-electron chi connectivity index (χ4n) is 1.57. The number of hydrogen-bond donors (Lipinski definition) is 3. The van der Waals surface area contributed by atoms with Crippen LogP contribution in [0.3, 0.4) is 0 Å². The van der Waals surface area contributed by atoms with Gasteiger partial charge in [-0.3, -0.25) is 14.5 Å². The molecule has 0 spiro atoms. The molecule has 0 bridgehead atoms. The van der Waals surface area contributed by atoms with Crippen molar-refractivity contribution in [2.75, 3.05) is 19.6 Å². The number of aliphatic carboxylic acids is 1. The van der Waals surface area contributed by atoms with Crippen LogP contribution in [0.15, 0.2) is 0 Å². The van der Waals surface area contributed by atoms with Crippen molar-refractivity contribution in [3.05, 3.63) is 0 Å². The topological polar surface area (TPSA) is 98.7 Å². The van der Waals surface area contributed by atoms with Crippen LogP contribution in [0, 0.1) is 0 Å². The second-order valence-electron chi connectivity index (χ2n) is 4.64. The Morgan fingerprint density at radius 3 is 2.16 bits per heavy atom. The van der Waals surface area contributed by atoms with Gasteiger partial charge in [0.2, 0.25) is 11.8 Å². The third-order valence-electron chi connectivity index (χ3n) is 2.38. The van der Waals surface area contributed by atoms with Crippen molar-refractivity contribution in [3.63, 3.8) is 0 Å². The summed E-state index contributed by atoms with van der Waals surface area (Å²) < 4.78 is 0. The predicted molar refractivity (Wildman–Crippen MR) is 70.6 cm³/mol. The first kappa shape index (κ1) is 17.4. The highest BCUT2D eigenvalue weighted by atomic mass is 16.4. The number of likely N-dealkylation sites (N-methyl/N-ethyl adjacent to an activating group) is 1. The number of carbonyl (C=O) groups excluding carboxylic acids is 2. The van der Waals surface area contributed by atoms with E-state index in [1.54, 1.807) is 4.90 Å². The minimum atomic E-state index is -1.11. The number of rotatable bonds is 8. The Hall–Kier alpha value is -1.63. The van der Waals surface area contributed by atoms with E-state index in [0.29, 0.717) is 6.54 Å². The number of carbonyl (C=O) groups is 3. The molecule has 0 aliphatic rings. The third kappa shape index (κ3) is 8.15. The summed E-state index contributed by atoms with van der Waals surface area (Å²) in [7, 11) is 0. The van der Waals surface area contributed by atoms with Gasteiger partial charge in [0.05, 0.1) is 6.54 Å². The highest BCUT2D eigenvalue weighted by Crippen LogP contribution is 1.94. The molecule has 0 heterocycles. The van der Waals surface area contributed by atoms with Crippen molar-refractivity contribution in [2.24, 2.45) is 0 Å². The van der Waals surface area contributed by atoms with E-state index in [2.05, 4.69) is 10.6 Å². The Balaban J connectivity index is 4.46. The molecule has 110 valence electrons. The molecule has 1 atom stereocenters. The maximum Gasteiger partial charge on any atom is 0.327 e. The van der Waals surface area contributed by atoms with Gasteiger partial charge in [0, 0.05) is 19.5 Å². The molecule has 0 aromatic heterocycles. The molecule has 0 fully saturated rings. The van der Waals surface area contributed by atoms with E-state index in [9.17, 15) is 14.4 Å². The average Bonchev–Trinajstić information content (AvgIpc) is 2.24. The Kier molecular flexibility index (Phi) is 7.74. The van der Waals surface area contributed by atoms with Gasteiger partial charge in [-0.25, -0.2) is 4.79 Å². The fourth-order valence-corrected chi connectivity index (χ4v) is 1.57. The monoisotopic (exact) mass is 273 g/mol. The molecule has 0 saturated heterocycles. The number of amides is 2. The number of carboxylic acid groups (broad SMARTS) is 1. The van der Waals surface area contributed by atoms with Crippen LogP contribution in [0.25, 0.3) is 0 Å². The number of nitrogens with one attached hydrogen (secondary N) is 2. The zero-order valence-electron chi connectivity index (χ0n) is 11.9. The van der Waals surface area contributed by atoms with Gasteiger partial charge in [-0.1, -0.05) is 6.92 Å². The Bertz CT molecular complexity index is 331. The minimum Gasteiger partial charge on any atom is -0.480 e. The molecule has 7 heteroatoms. The lowest BCUT2D eigenvalue weighted by Crippen LogP contribution is -2.50. The van der Waals surface area contributed by atoms with Crippen LogP contribution >= 0.6 is 0 Å². The molecular weight excluding hydrogens is 250 g/mol. The van der Waals surface area contributed by atoms with Crippen molar-refractivity contribution < 1.29 is 19.5 Å². The molecular formula is C12H23N3O4. The Morgan fingerprint density at radius 1 is 1.21 bits per heavy atom. The molecule has 19 heavy (non-hydrogen) atoms. The molecule has 0 aliphatic heterocycles. The predicted octanol–water partition coefficient (Wildman–Crippen LogP) is -0.578. The van der Waals surface area contributed by atoms with Gasteiger partial charge in [-0.05, 0) is 20.4 Å². The summed E-state index contributed by atoms with van der Waals surface area (Å²) in [5, 5.41) is 14.1. The van der Waals surface area contributed by atoms with Gasteiger partial charge in [0.25, 0.3) is 0 Å². The second-order valence-corrected chi connectivity index (χ2v) is 4.64. The molecule has 0 radical (unpaired) electrons. The van der Waals surface area contributed by atoms with Gasteiger partial charge < -0.3 is 15.7 Å². The summed E-state index contributed by atoms with van der Waals surface area (Å²) in [5.41, 5.74) is 0. The van der Waals surface area contributed by atoms with Gasteiger partial charge in [-0.15, -0.1) is 0 Å². The van der Waals surface area contributed by atoms with Gasteiger partial charge in [0.15, 0.2) is 0 Å². The minimum absolute atomic E-state index is 0.0387. The second kappa shape index (κ2) is 8.47. The van der Waals surface area contributed by atoms with Crippen molar-refractivity contribution in [1.29, 1.82) is 0 Å². The van der Waals surface area contributed by atoms with Crippen molar-refractivity contribution in [1.82, 2.24) is 15.5 Å². The first-order valence-corrected chi connectivity index (χ1v) is 6.27. The van der Waals surface area contributed by atoms with E-state index >= 15 is 0 Å². The van der Waals surface area contributed by atoms with Crippen molar-refractivity contribution in [3.8, 4) is 0 Å². The molecule has 2 amide bonds. The summed E-state index contributed by atoms with van der Waals surface area (Å²) >= 11 is 0. The van der Waals surface area contributed by atoms with Gasteiger partial charge in [-0.2, -0.15) is 0 Å². The molecule has 0 aromatic carbocycles. The zero-order valence-corrected chi connectivity index (χ0v) is 11.9. The van der Waals surface area contributed by atoms with Crippen molar-refractivity contribution in [2.45, 2.75) is 39.8 Å². The fraction of sp³-hybridized carbons (Fsp3) is 0.750. The van der Waals surface area contributed by atoms with E-state index < -0.39 is 17.9 Å². The third-order valence-corrected chi connectivity index (χ3v) is 2.38. The van der Waals surface area contributed by atoms with Crippen LogP contribution in [0.2, 0.25) is 0 Å². The SMILES string of the molecule is CCN(CC(=O)NC(C)C)CC(NC(C)=O)C(=O)O. The largest absolute Gasteiger partial charge is 0.480 e. The quantitative estimate of drug-likeness (QED) is 0.549. The molecule has 0 saturated carbocycles. The molecule has 1 unspecified atom stereocenters. The number of hydrogen-bond acceptors (Lipinski definition) is 4. The maximum absolute atomic E-state index is 11.6. The summed E-state index contributed by atoms with van der Waals surface area (Å²) in [4.78, 5) is 35.2. The van der Waals surface area contributed by atoms with Gasteiger partial charge in [0.1, 0.15) is 6.04 Å². The highest BCUT2D eigenvalue weighted by molar-refractivity contribution is 5.82. The molecule has 0 aliphatic carbocycles. The van der Waals surface area contributed by atoms with Crippen LogP contribution in [0.1, 0.15) is 27.7 Å². The van der Waals surface area contributed by atoms with Crippen LogP contribution < -0.4 is 10.6 Å². The van der Waals surface area contributed by atoms with Crippen LogP contribution in [-0.4, -0.2) is 59.5 Å². The standard InChI is InChI=1S/C12H23N3O4/c1-5-15(7-11(17)13-8(2)3)6-10(12(18)19)14-9(4)16/h8,10H,5-7H2,1-4H3,(H,13,17)(H,14,16)(H,18,19). The van der Waals surface area contributed by atoms with E-state index in [-0.39, 0.29) is 25.0 Å². The van der Waals surface area contributed by atoms with E-state index in [4.69, 9.17) is 5.11 Å². The smallest absolute Gasteiger partial charge is 0.327 e. The molecule has 0 rings (SSSR count). The maximum atomic E-state index is 11.6. The normalized spacial score (nSPS) is 12.3. The Morgan fingerprint density at radius 2 is 1.79 bits per heavy atom. The Labute approximate surface area is 113 Å². The van der Waals surface area contributed by atoms with Crippen LogP contribution in [-0.2, 0) is 14.4 Å². The first-order chi connectivity index (χ1) is 8.76. The molecule has 3 N–H and O–H groups in total.